The number of carbonyl (C=O) groups is 1. The first-order chi connectivity index (χ1) is 13.8. The zero-order chi connectivity index (χ0) is 21.0. The van der Waals surface area contributed by atoms with Crippen molar-refractivity contribution in [2.75, 3.05) is 10.6 Å². The molecule has 0 atom stereocenters. The monoisotopic (exact) mass is 418 g/mol. The van der Waals surface area contributed by atoms with Crippen LogP contribution in [0.25, 0.3) is 0 Å². The molecule has 2 aromatic carbocycles. The molecular formula is C19H19ClN4O5. The maximum Gasteiger partial charge on any atom is 0.300 e. The summed E-state index contributed by atoms with van der Waals surface area (Å²) in [7, 11) is 0. The van der Waals surface area contributed by atoms with E-state index in [0.717, 1.165) is 44.2 Å². The van der Waals surface area contributed by atoms with Gasteiger partial charge in [0.2, 0.25) is 0 Å². The van der Waals surface area contributed by atoms with Crippen molar-refractivity contribution in [2.24, 2.45) is 0 Å². The third kappa shape index (κ3) is 5.00. The van der Waals surface area contributed by atoms with Crippen LogP contribution in [0.15, 0.2) is 36.4 Å². The Bertz CT molecular complexity index is 942. The van der Waals surface area contributed by atoms with Crippen molar-refractivity contribution in [3.05, 3.63) is 67.2 Å². The highest BCUT2D eigenvalue weighted by atomic mass is 35.5. The minimum Gasteiger partial charge on any atom is -0.376 e. The van der Waals surface area contributed by atoms with Crippen LogP contribution in [0.4, 0.5) is 22.7 Å². The third-order valence-electron chi connectivity index (χ3n) is 4.81. The number of nitrogens with zero attached hydrogens (tertiary/aromatic N) is 2. The van der Waals surface area contributed by atoms with Gasteiger partial charge in [-0.25, -0.2) is 0 Å². The van der Waals surface area contributed by atoms with Crippen molar-refractivity contribution in [3.63, 3.8) is 0 Å². The summed E-state index contributed by atoms with van der Waals surface area (Å²) in [5.41, 5.74) is -0.749. The number of hydrogen-bond acceptors (Lipinski definition) is 6. The van der Waals surface area contributed by atoms with E-state index in [9.17, 15) is 25.0 Å². The van der Waals surface area contributed by atoms with Gasteiger partial charge in [0, 0.05) is 22.8 Å². The number of anilines is 2. The molecule has 1 fully saturated rings. The number of amides is 1. The van der Waals surface area contributed by atoms with Crippen molar-refractivity contribution in [1.29, 1.82) is 0 Å². The van der Waals surface area contributed by atoms with Crippen LogP contribution < -0.4 is 10.6 Å². The van der Waals surface area contributed by atoms with E-state index in [1.807, 2.05) is 0 Å². The zero-order valence-electron chi connectivity index (χ0n) is 15.4. The molecule has 9 nitrogen and oxygen atoms in total. The molecule has 3 rings (SSSR count). The molecule has 1 saturated carbocycles. The molecule has 2 aromatic rings. The van der Waals surface area contributed by atoms with Crippen molar-refractivity contribution < 1.29 is 14.6 Å². The highest BCUT2D eigenvalue weighted by molar-refractivity contribution is 6.30. The van der Waals surface area contributed by atoms with E-state index in [0.29, 0.717) is 10.7 Å². The predicted molar refractivity (Wildman–Crippen MR) is 110 cm³/mol. The van der Waals surface area contributed by atoms with Crippen LogP contribution in [0.2, 0.25) is 5.02 Å². The van der Waals surface area contributed by atoms with Gasteiger partial charge >= 0.3 is 0 Å². The molecule has 0 unspecified atom stereocenters. The highest BCUT2D eigenvalue weighted by Gasteiger charge is 2.29. The number of rotatable bonds is 6. The Morgan fingerprint density at radius 3 is 2.24 bits per heavy atom. The second kappa shape index (κ2) is 8.87. The summed E-state index contributed by atoms with van der Waals surface area (Å²) in [4.78, 5) is 34.3. The smallest absolute Gasteiger partial charge is 0.300 e. The highest BCUT2D eigenvalue weighted by Crippen LogP contribution is 2.36. The molecule has 0 radical (unpaired) electrons. The van der Waals surface area contributed by atoms with Gasteiger partial charge in [-0.05, 0) is 37.1 Å². The second-order valence-corrected chi connectivity index (χ2v) is 7.28. The average Bonchev–Trinajstić information content (AvgIpc) is 2.70. The van der Waals surface area contributed by atoms with Crippen LogP contribution in [0.3, 0.4) is 0 Å². The molecule has 0 aromatic heterocycles. The SMILES string of the molecule is O=C(Nc1ccc(Cl)cc1)c1cc([N+](=O)[O-])cc([N+](=O)[O-])c1NC1CCCCC1. The summed E-state index contributed by atoms with van der Waals surface area (Å²) in [6, 6.07) is 8.20. The summed E-state index contributed by atoms with van der Waals surface area (Å²) < 4.78 is 0. The van der Waals surface area contributed by atoms with E-state index in [1.54, 1.807) is 24.3 Å². The van der Waals surface area contributed by atoms with Gasteiger partial charge in [0.25, 0.3) is 17.3 Å². The van der Waals surface area contributed by atoms with Gasteiger partial charge in [0.15, 0.2) is 0 Å². The molecule has 1 aliphatic carbocycles. The van der Waals surface area contributed by atoms with Crippen LogP contribution in [0, 0.1) is 20.2 Å². The fraction of sp³-hybridized carbons (Fsp3) is 0.316. The van der Waals surface area contributed by atoms with E-state index in [1.165, 1.54) is 0 Å². The van der Waals surface area contributed by atoms with Crippen molar-refractivity contribution in [1.82, 2.24) is 0 Å². The van der Waals surface area contributed by atoms with Gasteiger partial charge in [-0.15, -0.1) is 0 Å². The van der Waals surface area contributed by atoms with Crippen molar-refractivity contribution in [2.45, 2.75) is 38.1 Å². The van der Waals surface area contributed by atoms with E-state index in [4.69, 9.17) is 11.6 Å². The van der Waals surface area contributed by atoms with Crippen molar-refractivity contribution in [3.8, 4) is 0 Å². The number of nitro benzene ring substituents is 2. The Morgan fingerprint density at radius 1 is 1.00 bits per heavy atom. The summed E-state index contributed by atoms with van der Waals surface area (Å²) in [5, 5.41) is 29.1. The predicted octanol–water partition coefficient (Wildman–Crippen LogP) is 5.15. The number of carbonyl (C=O) groups excluding carboxylic acids is 1. The molecule has 0 spiro atoms. The minimum absolute atomic E-state index is 0.000960. The van der Waals surface area contributed by atoms with Crippen LogP contribution in [0.5, 0.6) is 0 Å². The number of benzene rings is 2. The van der Waals surface area contributed by atoms with Crippen LogP contribution in [0.1, 0.15) is 42.5 Å². The van der Waals surface area contributed by atoms with E-state index < -0.39 is 27.1 Å². The molecule has 152 valence electrons. The first kappa shape index (κ1) is 20.5. The lowest BCUT2D eigenvalue weighted by Gasteiger charge is -2.24. The molecular weight excluding hydrogens is 400 g/mol. The molecule has 29 heavy (non-hydrogen) atoms. The molecule has 0 heterocycles. The number of halogens is 1. The molecule has 1 amide bonds. The van der Waals surface area contributed by atoms with E-state index >= 15 is 0 Å². The first-order valence-corrected chi connectivity index (χ1v) is 9.53. The summed E-state index contributed by atoms with van der Waals surface area (Å²) in [6.45, 7) is 0. The minimum atomic E-state index is -0.754. The lowest BCUT2D eigenvalue weighted by Crippen LogP contribution is -2.25. The largest absolute Gasteiger partial charge is 0.376 e. The van der Waals surface area contributed by atoms with Gasteiger partial charge < -0.3 is 10.6 Å². The van der Waals surface area contributed by atoms with Gasteiger partial charge in [-0.2, -0.15) is 0 Å². The Kier molecular flexibility index (Phi) is 6.28. The summed E-state index contributed by atoms with van der Waals surface area (Å²) >= 11 is 5.84. The van der Waals surface area contributed by atoms with Crippen LogP contribution in [-0.4, -0.2) is 21.8 Å². The maximum absolute atomic E-state index is 12.9. The van der Waals surface area contributed by atoms with Gasteiger partial charge in [0.05, 0.1) is 21.5 Å². The van der Waals surface area contributed by atoms with Crippen LogP contribution in [-0.2, 0) is 0 Å². The van der Waals surface area contributed by atoms with Gasteiger partial charge in [0.1, 0.15) is 5.69 Å². The lowest BCUT2D eigenvalue weighted by atomic mass is 9.94. The first-order valence-electron chi connectivity index (χ1n) is 9.15. The van der Waals surface area contributed by atoms with E-state index in [2.05, 4.69) is 10.6 Å². The van der Waals surface area contributed by atoms with Gasteiger partial charge in [-0.1, -0.05) is 30.9 Å². The Morgan fingerprint density at radius 2 is 1.66 bits per heavy atom. The Hall–Kier alpha value is -3.20. The van der Waals surface area contributed by atoms with Crippen LogP contribution >= 0.6 is 11.6 Å². The maximum atomic E-state index is 12.9. The molecule has 10 heteroatoms. The molecule has 1 aliphatic rings. The lowest BCUT2D eigenvalue weighted by molar-refractivity contribution is -0.393. The number of nitrogens with one attached hydrogen (secondary N) is 2. The number of nitro groups is 2. The fourth-order valence-corrected chi connectivity index (χ4v) is 3.50. The third-order valence-corrected chi connectivity index (χ3v) is 5.06. The van der Waals surface area contributed by atoms with Crippen molar-refractivity contribution >= 4 is 40.3 Å². The molecule has 0 bridgehead atoms. The zero-order valence-corrected chi connectivity index (χ0v) is 16.1. The number of non-ortho nitro benzene ring substituents is 1. The Labute approximate surface area is 171 Å². The van der Waals surface area contributed by atoms with Gasteiger partial charge in [-0.3, -0.25) is 25.0 Å². The van der Waals surface area contributed by atoms with E-state index in [-0.39, 0.29) is 17.3 Å². The molecule has 0 saturated heterocycles. The summed E-state index contributed by atoms with van der Waals surface area (Å²) in [6.07, 6.45) is 4.67. The fourth-order valence-electron chi connectivity index (χ4n) is 3.37. The Balaban J connectivity index is 2.02. The normalized spacial score (nSPS) is 14.2. The average molecular weight is 419 g/mol. The second-order valence-electron chi connectivity index (χ2n) is 6.84. The summed E-state index contributed by atoms with van der Waals surface area (Å²) in [5.74, 6) is -0.683. The standard InChI is InChI=1S/C19H19ClN4O5/c20-12-6-8-14(9-7-12)22-19(25)16-10-15(23(26)27)11-17(24(28)29)18(16)21-13-4-2-1-3-5-13/h6-11,13,21H,1-5H2,(H,22,25). The quantitative estimate of drug-likeness (QED) is 0.493. The number of hydrogen-bond donors (Lipinski definition) is 2. The molecule has 0 aliphatic heterocycles. The topological polar surface area (TPSA) is 127 Å². The molecule has 2 N–H and O–H groups in total.